The van der Waals surface area contributed by atoms with Gasteiger partial charge in [-0.05, 0) is 92.5 Å². The van der Waals surface area contributed by atoms with Crippen molar-refractivity contribution in [3.05, 3.63) is 89.7 Å². The number of likely N-dealkylation sites (tertiary alicyclic amines) is 1. The van der Waals surface area contributed by atoms with E-state index in [0.717, 1.165) is 35.5 Å². The summed E-state index contributed by atoms with van der Waals surface area (Å²) in [6, 6.07) is 19.8. The fraction of sp³-hybridized carbons (Fsp3) is 0.259. The SMILES string of the molecule is O=C(NCCCN1CCCC1)c1cccc(Nc2cccc(C=Cc3ccncc3)c2)c1. The number of benzene rings is 2. The Morgan fingerprint density at radius 1 is 0.906 bits per heavy atom. The fourth-order valence-electron chi connectivity index (χ4n) is 3.90. The minimum absolute atomic E-state index is 0.0240. The van der Waals surface area contributed by atoms with E-state index in [4.69, 9.17) is 0 Å². The van der Waals surface area contributed by atoms with Crippen LogP contribution >= 0.6 is 0 Å². The van der Waals surface area contributed by atoms with Crippen LogP contribution in [0, 0.1) is 0 Å². The zero-order valence-electron chi connectivity index (χ0n) is 18.3. The molecule has 1 amide bonds. The van der Waals surface area contributed by atoms with E-state index in [9.17, 15) is 4.79 Å². The van der Waals surface area contributed by atoms with E-state index < -0.39 is 0 Å². The van der Waals surface area contributed by atoms with Gasteiger partial charge >= 0.3 is 0 Å². The Morgan fingerprint density at radius 2 is 1.62 bits per heavy atom. The number of nitrogens with zero attached hydrogens (tertiary/aromatic N) is 2. The molecule has 164 valence electrons. The number of hydrogen-bond acceptors (Lipinski definition) is 4. The average Bonchev–Trinajstić information content (AvgIpc) is 3.35. The largest absolute Gasteiger partial charge is 0.355 e. The lowest BCUT2D eigenvalue weighted by Gasteiger charge is -2.14. The van der Waals surface area contributed by atoms with Crippen molar-refractivity contribution in [2.24, 2.45) is 0 Å². The Bertz CT molecular complexity index is 1040. The summed E-state index contributed by atoms with van der Waals surface area (Å²) in [6.45, 7) is 4.16. The maximum Gasteiger partial charge on any atom is 0.251 e. The molecule has 1 aliphatic rings. The van der Waals surface area contributed by atoms with Gasteiger partial charge in [-0.2, -0.15) is 0 Å². The normalized spacial score (nSPS) is 14.0. The first-order chi connectivity index (χ1) is 15.8. The van der Waals surface area contributed by atoms with Crippen molar-refractivity contribution in [1.82, 2.24) is 15.2 Å². The third kappa shape index (κ3) is 6.53. The monoisotopic (exact) mass is 426 g/mol. The minimum atomic E-state index is -0.0240. The van der Waals surface area contributed by atoms with Crippen molar-refractivity contribution in [1.29, 1.82) is 0 Å². The molecule has 1 fully saturated rings. The average molecular weight is 427 g/mol. The zero-order valence-corrected chi connectivity index (χ0v) is 18.3. The summed E-state index contributed by atoms with van der Waals surface area (Å²) in [4.78, 5) is 19.1. The molecule has 0 bridgehead atoms. The molecule has 3 aromatic rings. The number of aromatic nitrogens is 1. The second-order valence-corrected chi connectivity index (χ2v) is 8.10. The van der Waals surface area contributed by atoms with Crippen LogP contribution in [0.5, 0.6) is 0 Å². The predicted molar refractivity (Wildman–Crippen MR) is 132 cm³/mol. The van der Waals surface area contributed by atoms with Gasteiger partial charge in [0.25, 0.3) is 5.91 Å². The highest BCUT2D eigenvalue weighted by Crippen LogP contribution is 2.20. The van der Waals surface area contributed by atoms with Gasteiger partial charge in [-0.25, -0.2) is 0 Å². The maximum absolute atomic E-state index is 12.6. The van der Waals surface area contributed by atoms with Crippen LogP contribution in [0.15, 0.2) is 73.1 Å². The molecule has 4 rings (SSSR count). The molecule has 2 aromatic carbocycles. The third-order valence-corrected chi connectivity index (χ3v) is 5.61. The second kappa shape index (κ2) is 11.3. The molecule has 1 aliphatic heterocycles. The van der Waals surface area contributed by atoms with Gasteiger partial charge in [0.1, 0.15) is 0 Å². The van der Waals surface area contributed by atoms with E-state index in [0.29, 0.717) is 12.1 Å². The van der Waals surface area contributed by atoms with Gasteiger partial charge in [-0.1, -0.05) is 30.4 Å². The van der Waals surface area contributed by atoms with Crippen molar-refractivity contribution < 1.29 is 4.79 Å². The van der Waals surface area contributed by atoms with E-state index in [1.54, 1.807) is 12.4 Å². The van der Waals surface area contributed by atoms with Gasteiger partial charge in [-0.15, -0.1) is 0 Å². The van der Waals surface area contributed by atoms with Crippen LogP contribution < -0.4 is 10.6 Å². The van der Waals surface area contributed by atoms with Gasteiger partial charge in [0.05, 0.1) is 0 Å². The molecule has 2 N–H and O–H groups in total. The number of hydrogen-bond donors (Lipinski definition) is 2. The molecule has 0 spiro atoms. The molecule has 0 radical (unpaired) electrons. The molecule has 5 nitrogen and oxygen atoms in total. The smallest absolute Gasteiger partial charge is 0.251 e. The molecule has 5 heteroatoms. The predicted octanol–water partition coefficient (Wildman–Crippen LogP) is 5.21. The summed E-state index contributed by atoms with van der Waals surface area (Å²) in [7, 11) is 0. The molecule has 0 aliphatic carbocycles. The number of carbonyl (C=O) groups excluding carboxylic acids is 1. The molecule has 1 saturated heterocycles. The lowest BCUT2D eigenvalue weighted by Crippen LogP contribution is -2.28. The lowest BCUT2D eigenvalue weighted by molar-refractivity contribution is 0.0952. The standard InChI is InChI=1S/C27H30N4O/c32-27(29-14-5-19-31-17-1-2-18-31)24-7-4-9-26(21-24)30-25-8-3-6-23(20-25)11-10-22-12-15-28-16-13-22/h3-4,6-13,15-16,20-21,30H,1-2,5,14,17-19H2,(H,29,32). The Morgan fingerprint density at radius 3 is 2.44 bits per heavy atom. The Balaban J connectivity index is 1.32. The van der Waals surface area contributed by atoms with Crippen LogP contribution in [-0.4, -0.2) is 42.0 Å². The number of carbonyl (C=O) groups is 1. The van der Waals surface area contributed by atoms with Crippen LogP contribution in [0.25, 0.3) is 12.2 Å². The number of amides is 1. The van der Waals surface area contributed by atoms with Gasteiger partial charge in [-0.3, -0.25) is 9.78 Å². The highest BCUT2D eigenvalue weighted by atomic mass is 16.1. The quantitative estimate of drug-likeness (QED) is 0.461. The lowest BCUT2D eigenvalue weighted by atomic mass is 10.1. The molecule has 2 heterocycles. The van der Waals surface area contributed by atoms with Crippen molar-refractivity contribution in [3.8, 4) is 0 Å². The first kappa shape index (κ1) is 21.8. The number of rotatable bonds is 9. The summed E-state index contributed by atoms with van der Waals surface area (Å²) < 4.78 is 0. The maximum atomic E-state index is 12.6. The van der Waals surface area contributed by atoms with Crippen LogP contribution in [0.2, 0.25) is 0 Å². The Kier molecular flexibility index (Phi) is 7.66. The number of pyridine rings is 1. The Labute approximate surface area is 190 Å². The van der Waals surface area contributed by atoms with Gasteiger partial charge in [0, 0.05) is 35.9 Å². The molecular weight excluding hydrogens is 396 g/mol. The van der Waals surface area contributed by atoms with E-state index in [-0.39, 0.29) is 5.91 Å². The summed E-state index contributed by atoms with van der Waals surface area (Å²) >= 11 is 0. The van der Waals surface area contributed by atoms with Crippen LogP contribution in [0.3, 0.4) is 0 Å². The first-order valence-electron chi connectivity index (χ1n) is 11.3. The van der Waals surface area contributed by atoms with Gasteiger partial charge in [0.2, 0.25) is 0 Å². The van der Waals surface area contributed by atoms with Gasteiger partial charge in [0.15, 0.2) is 0 Å². The topological polar surface area (TPSA) is 57.3 Å². The molecular formula is C27H30N4O. The first-order valence-corrected chi connectivity index (χ1v) is 11.3. The Hall–Kier alpha value is -3.44. The molecule has 0 saturated carbocycles. The van der Waals surface area contributed by atoms with Crippen molar-refractivity contribution in [2.75, 3.05) is 31.5 Å². The summed E-state index contributed by atoms with van der Waals surface area (Å²) in [6.07, 6.45) is 11.3. The van der Waals surface area contributed by atoms with Crippen LogP contribution in [0.4, 0.5) is 11.4 Å². The highest BCUT2D eigenvalue weighted by molar-refractivity contribution is 5.95. The summed E-state index contributed by atoms with van der Waals surface area (Å²) in [5, 5.41) is 6.46. The van der Waals surface area contributed by atoms with Crippen molar-refractivity contribution in [3.63, 3.8) is 0 Å². The summed E-state index contributed by atoms with van der Waals surface area (Å²) in [5.74, 6) is -0.0240. The molecule has 1 aromatic heterocycles. The van der Waals surface area contributed by atoms with E-state index in [1.807, 2.05) is 48.5 Å². The third-order valence-electron chi connectivity index (χ3n) is 5.61. The van der Waals surface area contributed by atoms with Crippen LogP contribution in [-0.2, 0) is 0 Å². The summed E-state index contributed by atoms with van der Waals surface area (Å²) in [5.41, 5.74) is 4.75. The van der Waals surface area contributed by atoms with E-state index >= 15 is 0 Å². The molecule has 32 heavy (non-hydrogen) atoms. The molecule has 0 unspecified atom stereocenters. The van der Waals surface area contributed by atoms with Crippen LogP contribution in [0.1, 0.15) is 40.7 Å². The highest BCUT2D eigenvalue weighted by Gasteiger charge is 2.11. The zero-order chi connectivity index (χ0) is 22.0. The fourth-order valence-corrected chi connectivity index (χ4v) is 3.90. The van der Waals surface area contributed by atoms with Gasteiger partial charge < -0.3 is 15.5 Å². The minimum Gasteiger partial charge on any atom is -0.355 e. The number of anilines is 2. The van der Waals surface area contributed by atoms with E-state index in [1.165, 1.54) is 25.9 Å². The number of nitrogens with one attached hydrogen (secondary N) is 2. The molecule has 0 atom stereocenters. The van der Waals surface area contributed by atoms with Crippen molar-refractivity contribution in [2.45, 2.75) is 19.3 Å². The van der Waals surface area contributed by atoms with Crippen molar-refractivity contribution >= 4 is 29.4 Å². The van der Waals surface area contributed by atoms with E-state index in [2.05, 4.69) is 44.8 Å². The second-order valence-electron chi connectivity index (χ2n) is 8.10.